The van der Waals surface area contributed by atoms with Crippen LogP contribution in [0.25, 0.3) is 10.9 Å². The van der Waals surface area contributed by atoms with Gasteiger partial charge in [0, 0.05) is 23.2 Å². The highest BCUT2D eigenvalue weighted by atomic mass is 35.5. The third-order valence-corrected chi connectivity index (χ3v) is 4.89. The first-order valence-corrected chi connectivity index (χ1v) is 8.11. The number of rotatable bonds is 3. The van der Waals surface area contributed by atoms with Gasteiger partial charge in [0.05, 0.1) is 28.9 Å². The molecule has 0 saturated heterocycles. The minimum Gasteiger partial charge on any atom is -0.465 e. The van der Waals surface area contributed by atoms with E-state index in [0.29, 0.717) is 10.6 Å². The predicted octanol–water partition coefficient (Wildman–Crippen LogP) is 4.15. The van der Waals surface area contributed by atoms with Gasteiger partial charge in [-0.05, 0) is 48.7 Å². The monoisotopic (exact) mass is 338 g/mol. The molecule has 2 aromatic heterocycles. The van der Waals surface area contributed by atoms with Gasteiger partial charge in [0.2, 0.25) is 0 Å². The second-order valence-corrected chi connectivity index (χ2v) is 6.46. The summed E-state index contributed by atoms with van der Waals surface area (Å²) in [4.78, 5) is 20.9. The molecule has 120 valence electrons. The average molecular weight is 339 g/mol. The average Bonchev–Trinajstić information content (AvgIpc) is 3.42. The summed E-state index contributed by atoms with van der Waals surface area (Å²) < 4.78 is 4.89. The molecule has 0 unspecified atom stereocenters. The summed E-state index contributed by atoms with van der Waals surface area (Å²) in [6.07, 6.45) is 5.36. The van der Waals surface area contributed by atoms with E-state index in [9.17, 15) is 4.79 Å². The van der Waals surface area contributed by atoms with Crippen LogP contribution in [-0.2, 0) is 10.2 Å². The number of aromatic nitrogens is 2. The quantitative estimate of drug-likeness (QED) is 0.673. The van der Waals surface area contributed by atoms with Crippen LogP contribution in [0, 0.1) is 0 Å². The van der Waals surface area contributed by atoms with E-state index in [0.717, 1.165) is 35.0 Å². The fourth-order valence-corrected chi connectivity index (χ4v) is 3.32. The number of hydrogen-bond donors (Lipinski definition) is 0. The maximum atomic E-state index is 12.0. The van der Waals surface area contributed by atoms with Crippen LogP contribution in [-0.4, -0.2) is 23.0 Å². The fourth-order valence-electron chi connectivity index (χ4n) is 3.21. The summed E-state index contributed by atoms with van der Waals surface area (Å²) >= 11 is 5.96. The van der Waals surface area contributed by atoms with Crippen molar-refractivity contribution in [1.82, 2.24) is 9.97 Å². The smallest absolute Gasteiger partial charge is 0.338 e. The van der Waals surface area contributed by atoms with Crippen molar-refractivity contribution in [3.05, 3.63) is 70.6 Å². The zero-order valence-corrected chi connectivity index (χ0v) is 13.9. The lowest BCUT2D eigenvalue weighted by Gasteiger charge is -2.16. The van der Waals surface area contributed by atoms with Crippen LogP contribution in [0.1, 0.15) is 34.5 Å². The van der Waals surface area contributed by atoms with E-state index in [4.69, 9.17) is 16.3 Å². The van der Waals surface area contributed by atoms with Crippen molar-refractivity contribution in [2.45, 2.75) is 18.3 Å². The lowest BCUT2D eigenvalue weighted by atomic mass is 9.90. The summed E-state index contributed by atoms with van der Waals surface area (Å²) in [5, 5.41) is 1.44. The first-order valence-electron chi connectivity index (χ1n) is 7.74. The summed E-state index contributed by atoms with van der Waals surface area (Å²) in [6, 6.07) is 11.6. The number of nitrogens with zero attached hydrogens (tertiary/aromatic N) is 2. The minimum atomic E-state index is -0.353. The van der Waals surface area contributed by atoms with Crippen molar-refractivity contribution < 1.29 is 9.53 Å². The minimum absolute atomic E-state index is 0.0952. The molecule has 0 spiro atoms. The van der Waals surface area contributed by atoms with Gasteiger partial charge in [0.1, 0.15) is 0 Å². The summed E-state index contributed by atoms with van der Waals surface area (Å²) in [7, 11) is 1.39. The number of hydrogen-bond acceptors (Lipinski definition) is 4. The third-order valence-electron chi connectivity index (χ3n) is 4.67. The zero-order valence-electron chi connectivity index (χ0n) is 13.1. The maximum Gasteiger partial charge on any atom is 0.338 e. The van der Waals surface area contributed by atoms with Gasteiger partial charge in [0.25, 0.3) is 0 Å². The van der Waals surface area contributed by atoms with E-state index in [-0.39, 0.29) is 11.4 Å². The molecule has 1 saturated carbocycles. The molecule has 0 atom stereocenters. The number of carbonyl (C=O) groups is 1. The Hall–Kier alpha value is -2.46. The second kappa shape index (κ2) is 5.56. The van der Waals surface area contributed by atoms with Crippen LogP contribution >= 0.6 is 11.6 Å². The molecule has 24 heavy (non-hydrogen) atoms. The molecule has 0 amide bonds. The topological polar surface area (TPSA) is 52.1 Å². The maximum absolute atomic E-state index is 12.0. The van der Waals surface area contributed by atoms with Gasteiger partial charge in [-0.25, -0.2) is 4.79 Å². The first kappa shape index (κ1) is 15.1. The Balaban J connectivity index is 1.86. The van der Waals surface area contributed by atoms with Gasteiger partial charge >= 0.3 is 5.97 Å². The Kier molecular flexibility index (Phi) is 3.50. The molecule has 1 aromatic carbocycles. The lowest BCUT2D eigenvalue weighted by Crippen LogP contribution is -2.11. The van der Waals surface area contributed by atoms with E-state index in [1.54, 1.807) is 18.5 Å². The van der Waals surface area contributed by atoms with Gasteiger partial charge in [-0.3, -0.25) is 9.97 Å². The number of pyridine rings is 2. The zero-order chi connectivity index (χ0) is 16.7. The van der Waals surface area contributed by atoms with Crippen LogP contribution in [0.2, 0.25) is 5.02 Å². The van der Waals surface area contributed by atoms with Crippen molar-refractivity contribution >= 4 is 28.5 Å². The fraction of sp³-hybridized carbons (Fsp3) is 0.211. The van der Waals surface area contributed by atoms with Gasteiger partial charge in [-0.1, -0.05) is 17.7 Å². The molecule has 0 radical (unpaired) electrons. The molecule has 1 fully saturated rings. The summed E-state index contributed by atoms with van der Waals surface area (Å²) in [5.41, 5.74) is 3.37. The van der Waals surface area contributed by atoms with Crippen molar-refractivity contribution in [1.29, 1.82) is 0 Å². The molecule has 4 nitrogen and oxygen atoms in total. The molecule has 3 aromatic rings. The van der Waals surface area contributed by atoms with Crippen molar-refractivity contribution in [3.63, 3.8) is 0 Å². The van der Waals surface area contributed by atoms with Crippen LogP contribution < -0.4 is 0 Å². The molecular formula is C19H15ClN2O2. The van der Waals surface area contributed by atoms with Gasteiger partial charge in [-0.15, -0.1) is 0 Å². The van der Waals surface area contributed by atoms with E-state index in [2.05, 4.69) is 16.0 Å². The van der Waals surface area contributed by atoms with Crippen LogP contribution in [0.15, 0.2) is 48.8 Å². The van der Waals surface area contributed by atoms with Gasteiger partial charge in [-0.2, -0.15) is 0 Å². The van der Waals surface area contributed by atoms with Crippen LogP contribution in [0.4, 0.5) is 0 Å². The molecule has 0 N–H and O–H groups in total. The third kappa shape index (κ3) is 2.34. The lowest BCUT2D eigenvalue weighted by molar-refractivity contribution is 0.0603. The Labute approximate surface area is 144 Å². The van der Waals surface area contributed by atoms with E-state index in [1.165, 1.54) is 7.11 Å². The van der Waals surface area contributed by atoms with E-state index < -0.39 is 0 Å². The van der Waals surface area contributed by atoms with E-state index in [1.807, 2.05) is 24.3 Å². The van der Waals surface area contributed by atoms with Crippen molar-refractivity contribution in [2.24, 2.45) is 0 Å². The number of methoxy groups -OCH3 is 1. The molecule has 2 heterocycles. The van der Waals surface area contributed by atoms with Gasteiger partial charge in [0.15, 0.2) is 0 Å². The summed E-state index contributed by atoms with van der Waals surface area (Å²) in [5.74, 6) is -0.353. The van der Waals surface area contributed by atoms with Crippen LogP contribution in [0.3, 0.4) is 0 Å². The van der Waals surface area contributed by atoms with Crippen molar-refractivity contribution in [2.75, 3.05) is 7.11 Å². The highest BCUT2D eigenvalue weighted by molar-refractivity contribution is 6.30. The second-order valence-electron chi connectivity index (χ2n) is 6.03. The number of carbonyl (C=O) groups excluding carboxylic acids is 1. The number of benzene rings is 1. The number of halogens is 1. The Morgan fingerprint density at radius 1 is 1.17 bits per heavy atom. The normalized spacial score (nSPS) is 15.2. The Bertz CT molecular complexity index is 934. The summed E-state index contributed by atoms with van der Waals surface area (Å²) in [6.45, 7) is 0. The standard InChI is InChI=1S/C19H15ClN2O2/c1-24-18(23)14-6-9-21-16-4-2-12(10-15(14)16)19(7-8-19)17-5-3-13(20)11-22-17/h2-6,9-11H,7-8H2,1H3. The number of ether oxygens (including phenoxy) is 1. The molecule has 5 heteroatoms. The SMILES string of the molecule is COC(=O)c1ccnc2ccc(C3(c4ccc(Cl)cn4)CC3)cc12. The highest BCUT2D eigenvalue weighted by Crippen LogP contribution is 2.53. The molecular weight excluding hydrogens is 324 g/mol. The Morgan fingerprint density at radius 2 is 2.00 bits per heavy atom. The van der Waals surface area contributed by atoms with E-state index >= 15 is 0 Å². The molecule has 0 aliphatic heterocycles. The van der Waals surface area contributed by atoms with Crippen LogP contribution in [0.5, 0.6) is 0 Å². The number of fused-ring (bicyclic) bond motifs is 1. The molecule has 1 aliphatic rings. The molecule has 0 bridgehead atoms. The molecule has 1 aliphatic carbocycles. The number of esters is 1. The predicted molar refractivity (Wildman–Crippen MR) is 92.3 cm³/mol. The highest BCUT2D eigenvalue weighted by Gasteiger charge is 2.47. The largest absolute Gasteiger partial charge is 0.465 e. The Morgan fingerprint density at radius 3 is 2.67 bits per heavy atom. The first-order chi connectivity index (χ1) is 11.6. The van der Waals surface area contributed by atoms with Crippen molar-refractivity contribution in [3.8, 4) is 0 Å². The molecule has 4 rings (SSSR count). The van der Waals surface area contributed by atoms with Gasteiger partial charge < -0.3 is 4.74 Å².